The predicted octanol–water partition coefficient (Wildman–Crippen LogP) is 6.12. The zero-order valence-corrected chi connectivity index (χ0v) is 16.5. The zero-order chi connectivity index (χ0) is 16.2. The first-order valence-electron chi connectivity index (χ1n) is 7.74. The summed E-state index contributed by atoms with van der Waals surface area (Å²) in [5, 5.41) is 0.392. The molecule has 0 spiro atoms. The van der Waals surface area contributed by atoms with Crippen LogP contribution in [-0.2, 0) is 0 Å². The Morgan fingerprint density at radius 3 is 2.27 bits per heavy atom. The second-order valence-corrected chi connectivity index (χ2v) is 11.4. The molecule has 0 saturated carbocycles. The minimum Gasteiger partial charge on any atom is -0.0976 e. The standard InChI is InChI=1S/C20H23BrSi/c1-20(2,22(3)4)14-8-11-17-12-13-18(15-19(17)21)16-9-6-5-7-10-16/h5-7,9-10,12-13,15,22H,14H2,1-4H3. The molecule has 0 fully saturated rings. The van der Waals surface area contributed by atoms with E-state index in [9.17, 15) is 0 Å². The van der Waals surface area contributed by atoms with Gasteiger partial charge in [-0.2, -0.15) is 0 Å². The fourth-order valence-corrected chi connectivity index (χ4v) is 2.99. The van der Waals surface area contributed by atoms with Crippen LogP contribution in [0, 0.1) is 11.8 Å². The maximum atomic E-state index is 3.66. The van der Waals surface area contributed by atoms with Crippen molar-refractivity contribution in [1.82, 2.24) is 0 Å². The maximum absolute atomic E-state index is 3.66. The topological polar surface area (TPSA) is 0 Å². The van der Waals surface area contributed by atoms with Crippen molar-refractivity contribution >= 4 is 24.7 Å². The fourth-order valence-electron chi connectivity index (χ4n) is 2.00. The first kappa shape index (κ1) is 17.1. The molecule has 114 valence electrons. The van der Waals surface area contributed by atoms with Crippen molar-refractivity contribution in [2.75, 3.05) is 0 Å². The molecule has 0 saturated heterocycles. The molecule has 2 aromatic carbocycles. The third kappa shape index (κ3) is 4.35. The van der Waals surface area contributed by atoms with Crippen LogP contribution in [0.5, 0.6) is 0 Å². The van der Waals surface area contributed by atoms with E-state index in [2.05, 4.69) is 97.2 Å². The van der Waals surface area contributed by atoms with Crippen molar-refractivity contribution in [2.45, 2.75) is 38.4 Å². The van der Waals surface area contributed by atoms with Crippen molar-refractivity contribution in [1.29, 1.82) is 0 Å². The van der Waals surface area contributed by atoms with Crippen LogP contribution in [0.3, 0.4) is 0 Å². The summed E-state index contributed by atoms with van der Waals surface area (Å²) >= 11 is 3.66. The molecule has 0 nitrogen and oxygen atoms in total. The molecule has 22 heavy (non-hydrogen) atoms. The average molecular weight is 371 g/mol. The fraction of sp³-hybridized carbons (Fsp3) is 0.300. The summed E-state index contributed by atoms with van der Waals surface area (Å²) in [7, 11) is -0.681. The second kappa shape index (κ2) is 7.31. The summed E-state index contributed by atoms with van der Waals surface area (Å²) in [6.07, 6.45) is 0.976. The van der Waals surface area contributed by atoms with Gasteiger partial charge < -0.3 is 0 Å². The van der Waals surface area contributed by atoms with Crippen molar-refractivity contribution in [3.63, 3.8) is 0 Å². The minimum atomic E-state index is -0.681. The average Bonchev–Trinajstić information content (AvgIpc) is 2.49. The van der Waals surface area contributed by atoms with Gasteiger partial charge in [-0.15, -0.1) is 0 Å². The van der Waals surface area contributed by atoms with Crippen molar-refractivity contribution in [2.24, 2.45) is 0 Å². The molecule has 0 N–H and O–H groups in total. The van der Waals surface area contributed by atoms with Crippen LogP contribution in [0.4, 0.5) is 0 Å². The Morgan fingerprint density at radius 2 is 1.68 bits per heavy atom. The highest BCUT2D eigenvalue weighted by Crippen LogP contribution is 2.32. The van der Waals surface area contributed by atoms with Gasteiger partial charge in [-0.3, -0.25) is 0 Å². The lowest BCUT2D eigenvalue weighted by atomic mass is 10.0. The van der Waals surface area contributed by atoms with E-state index < -0.39 is 8.80 Å². The second-order valence-electron chi connectivity index (χ2n) is 6.68. The normalized spacial score (nSPS) is 11.2. The summed E-state index contributed by atoms with van der Waals surface area (Å²) in [4.78, 5) is 0. The Morgan fingerprint density at radius 1 is 1.00 bits per heavy atom. The van der Waals surface area contributed by atoms with Gasteiger partial charge in [-0.05, 0) is 44.2 Å². The van der Waals surface area contributed by atoms with Crippen LogP contribution in [0.15, 0.2) is 53.0 Å². The summed E-state index contributed by atoms with van der Waals surface area (Å²) < 4.78 is 1.07. The molecular formula is C20H23BrSi. The lowest BCUT2D eigenvalue weighted by Crippen LogP contribution is -2.20. The lowest BCUT2D eigenvalue weighted by Gasteiger charge is -2.25. The van der Waals surface area contributed by atoms with Crippen LogP contribution in [0.25, 0.3) is 11.1 Å². The van der Waals surface area contributed by atoms with Crippen molar-refractivity contribution in [3.05, 3.63) is 58.6 Å². The number of halogens is 1. The van der Waals surface area contributed by atoms with Gasteiger partial charge in [-0.25, -0.2) is 0 Å². The third-order valence-corrected chi connectivity index (χ3v) is 8.39. The van der Waals surface area contributed by atoms with E-state index in [1.54, 1.807) is 0 Å². The monoisotopic (exact) mass is 370 g/mol. The van der Waals surface area contributed by atoms with Crippen LogP contribution >= 0.6 is 15.9 Å². The van der Waals surface area contributed by atoms with Gasteiger partial charge in [0.15, 0.2) is 0 Å². The largest absolute Gasteiger partial charge is 0.0976 e. The molecule has 2 aromatic rings. The summed E-state index contributed by atoms with van der Waals surface area (Å²) in [5.41, 5.74) is 3.52. The Labute approximate surface area is 144 Å². The summed E-state index contributed by atoms with van der Waals surface area (Å²) in [5.74, 6) is 6.71. The van der Waals surface area contributed by atoms with Crippen molar-refractivity contribution in [3.8, 4) is 23.0 Å². The van der Waals surface area contributed by atoms with E-state index in [-0.39, 0.29) is 0 Å². The predicted molar refractivity (Wildman–Crippen MR) is 104 cm³/mol. The quantitative estimate of drug-likeness (QED) is 0.450. The van der Waals surface area contributed by atoms with E-state index >= 15 is 0 Å². The van der Waals surface area contributed by atoms with E-state index in [0.717, 1.165) is 16.5 Å². The van der Waals surface area contributed by atoms with Gasteiger partial charge in [0.25, 0.3) is 0 Å². The zero-order valence-electron chi connectivity index (χ0n) is 13.8. The first-order valence-corrected chi connectivity index (χ1v) is 11.4. The van der Waals surface area contributed by atoms with Gasteiger partial charge in [-0.1, -0.05) is 75.2 Å². The Bertz CT molecular complexity index is 691. The van der Waals surface area contributed by atoms with E-state index in [0.29, 0.717) is 5.04 Å². The molecule has 0 aromatic heterocycles. The molecule has 0 unspecified atom stereocenters. The minimum absolute atomic E-state index is 0.392. The highest BCUT2D eigenvalue weighted by atomic mass is 79.9. The molecule has 0 aliphatic heterocycles. The maximum Gasteiger partial charge on any atom is 0.0387 e. The number of hydrogen-bond acceptors (Lipinski definition) is 0. The Hall–Kier alpha value is -1.30. The molecule has 0 bridgehead atoms. The molecule has 0 aliphatic carbocycles. The number of rotatable bonds is 3. The number of benzene rings is 2. The molecular weight excluding hydrogens is 348 g/mol. The van der Waals surface area contributed by atoms with Crippen molar-refractivity contribution < 1.29 is 0 Å². The molecule has 0 heterocycles. The first-order chi connectivity index (χ1) is 10.4. The van der Waals surface area contributed by atoms with E-state index in [1.165, 1.54) is 11.1 Å². The van der Waals surface area contributed by atoms with Gasteiger partial charge in [0.1, 0.15) is 0 Å². The van der Waals surface area contributed by atoms with Gasteiger partial charge >= 0.3 is 0 Å². The molecule has 2 rings (SSSR count). The molecule has 0 atom stereocenters. The third-order valence-electron chi connectivity index (χ3n) is 4.41. The molecule has 0 aliphatic rings. The molecule has 0 amide bonds. The van der Waals surface area contributed by atoms with Crippen LogP contribution < -0.4 is 0 Å². The summed E-state index contributed by atoms with van der Waals surface area (Å²) in [6.45, 7) is 9.47. The van der Waals surface area contributed by atoms with Gasteiger partial charge in [0.2, 0.25) is 0 Å². The van der Waals surface area contributed by atoms with Crippen LogP contribution in [0.1, 0.15) is 25.8 Å². The molecule has 2 heteroatoms. The van der Waals surface area contributed by atoms with Crippen LogP contribution in [0.2, 0.25) is 18.1 Å². The highest BCUT2D eigenvalue weighted by molar-refractivity contribution is 9.10. The smallest absolute Gasteiger partial charge is 0.0387 e. The summed E-state index contributed by atoms with van der Waals surface area (Å²) in [6, 6.07) is 16.8. The number of hydrogen-bond donors (Lipinski definition) is 0. The van der Waals surface area contributed by atoms with Gasteiger partial charge in [0.05, 0.1) is 0 Å². The van der Waals surface area contributed by atoms with Crippen LogP contribution in [-0.4, -0.2) is 8.80 Å². The van der Waals surface area contributed by atoms with E-state index in [1.807, 2.05) is 6.07 Å². The Balaban J connectivity index is 2.18. The lowest BCUT2D eigenvalue weighted by molar-refractivity contribution is 0.683. The van der Waals surface area contributed by atoms with Gasteiger partial charge in [0, 0.05) is 25.3 Å². The Kier molecular flexibility index (Phi) is 5.67. The SMILES string of the molecule is C[SiH](C)C(C)(C)CC#Cc1ccc(-c2ccccc2)cc1Br. The highest BCUT2D eigenvalue weighted by Gasteiger charge is 2.21. The van der Waals surface area contributed by atoms with E-state index in [4.69, 9.17) is 0 Å². The molecule has 0 radical (unpaired) electrons.